The van der Waals surface area contributed by atoms with Crippen LogP contribution in [-0.4, -0.2) is 42.0 Å². The summed E-state index contributed by atoms with van der Waals surface area (Å²) in [6.07, 6.45) is 2.53. The molecule has 0 unspecified atom stereocenters. The van der Waals surface area contributed by atoms with Crippen LogP contribution in [0.25, 0.3) is 0 Å². The van der Waals surface area contributed by atoms with Crippen LogP contribution in [0.1, 0.15) is 13.3 Å². The second kappa shape index (κ2) is 5.03. The van der Waals surface area contributed by atoms with E-state index in [1.165, 1.54) is 0 Å². The van der Waals surface area contributed by atoms with Gasteiger partial charge in [-0.25, -0.2) is 4.98 Å². The fraction of sp³-hybridized carbons (Fsp3) is 0.500. The standard InChI is InChI=1S/C12H17N3O2/c1-3-17-11-5-4-9(8-13-11)14-10-6-7-15(2)12(10)16/h4-5,8,10,14H,3,6-7H2,1-2H3/t10-/m0/s1. The molecule has 5 heteroatoms. The lowest BCUT2D eigenvalue weighted by atomic mass is 10.2. The maximum absolute atomic E-state index is 11.7. The molecular weight excluding hydrogens is 218 g/mol. The Kier molecular flexibility index (Phi) is 3.46. The minimum absolute atomic E-state index is 0.125. The quantitative estimate of drug-likeness (QED) is 0.849. The van der Waals surface area contributed by atoms with Gasteiger partial charge in [-0.05, 0) is 19.4 Å². The molecule has 1 fully saturated rings. The molecule has 1 saturated heterocycles. The lowest BCUT2D eigenvalue weighted by Gasteiger charge is -2.13. The summed E-state index contributed by atoms with van der Waals surface area (Å²) in [7, 11) is 1.82. The number of nitrogens with one attached hydrogen (secondary N) is 1. The van der Waals surface area contributed by atoms with E-state index >= 15 is 0 Å². The molecule has 0 spiro atoms. The van der Waals surface area contributed by atoms with Gasteiger partial charge in [-0.3, -0.25) is 4.79 Å². The molecule has 1 atom stereocenters. The zero-order valence-corrected chi connectivity index (χ0v) is 10.1. The largest absolute Gasteiger partial charge is 0.478 e. The fourth-order valence-corrected chi connectivity index (χ4v) is 1.86. The number of anilines is 1. The van der Waals surface area contributed by atoms with Crippen molar-refractivity contribution in [2.75, 3.05) is 25.5 Å². The summed E-state index contributed by atoms with van der Waals surface area (Å²) in [5, 5.41) is 3.18. The van der Waals surface area contributed by atoms with Crippen LogP contribution in [-0.2, 0) is 4.79 Å². The molecule has 92 valence electrons. The van der Waals surface area contributed by atoms with Crippen LogP contribution in [0.15, 0.2) is 18.3 Å². The number of carbonyl (C=O) groups is 1. The van der Waals surface area contributed by atoms with Crippen molar-refractivity contribution in [1.82, 2.24) is 9.88 Å². The molecule has 17 heavy (non-hydrogen) atoms. The van der Waals surface area contributed by atoms with Crippen LogP contribution < -0.4 is 10.1 Å². The number of amides is 1. The maximum atomic E-state index is 11.7. The summed E-state index contributed by atoms with van der Waals surface area (Å²) in [6, 6.07) is 3.55. The summed E-state index contributed by atoms with van der Waals surface area (Å²) in [6.45, 7) is 3.33. The first-order chi connectivity index (χ1) is 8.20. The van der Waals surface area contributed by atoms with E-state index in [0.29, 0.717) is 12.5 Å². The second-order valence-corrected chi connectivity index (χ2v) is 4.06. The molecule has 0 aromatic carbocycles. The van der Waals surface area contributed by atoms with Crippen LogP contribution in [0.2, 0.25) is 0 Å². The monoisotopic (exact) mass is 235 g/mol. The maximum Gasteiger partial charge on any atom is 0.244 e. The summed E-state index contributed by atoms with van der Waals surface area (Å²) >= 11 is 0. The Balaban J connectivity index is 1.97. The average Bonchev–Trinajstić information content (AvgIpc) is 2.64. The van der Waals surface area contributed by atoms with Crippen molar-refractivity contribution in [3.05, 3.63) is 18.3 Å². The van der Waals surface area contributed by atoms with Crippen LogP contribution in [0.4, 0.5) is 5.69 Å². The number of carbonyl (C=O) groups excluding carboxylic acids is 1. The summed E-state index contributed by atoms with van der Waals surface area (Å²) < 4.78 is 5.25. The first-order valence-corrected chi connectivity index (χ1v) is 5.81. The number of rotatable bonds is 4. The Bertz CT molecular complexity index is 391. The van der Waals surface area contributed by atoms with Gasteiger partial charge in [0.25, 0.3) is 0 Å². The SMILES string of the molecule is CCOc1ccc(N[C@H]2CCN(C)C2=O)cn1. The van der Waals surface area contributed by atoms with Crippen molar-refractivity contribution < 1.29 is 9.53 Å². The van der Waals surface area contributed by atoms with E-state index < -0.39 is 0 Å². The minimum atomic E-state index is -0.125. The summed E-state index contributed by atoms with van der Waals surface area (Å²) in [5.41, 5.74) is 0.849. The van der Waals surface area contributed by atoms with Gasteiger partial charge in [0.1, 0.15) is 6.04 Å². The van der Waals surface area contributed by atoms with Crippen molar-refractivity contribution in [2.24, 2.45) is 0 Å². The molecule has 0 radical (unpaired) electrons. The highest BCUT2D eigenvalue weighted by Crippen LogP contribution is 2.17. The highest BCUT2D eigenvalue weighted by Gasteiger charge is 2.28. The predicted molar refractivity (Wildman–Crippen MR) is 65.1 cm³/mol. The molecule has 0 bridgehead atoms. The van der Waals surface area contributed by atoms with Crippen LogP contribution in [0.5, 0.6) is 5.88 Å². The highest BCUT2D eigenvalue weighted by atomic mass is 16.5. The van der Waals surface area contributed by atoms with Crippen molar-refractivity contribution in [3.8, 4) is 5.88 Å². The lowest BCUT2D eigenvalue weighted by molar-refractivity contribution is -0.127. The van der Waals surface area contributed by atoms with E-state index in [-0.39, 0.29) is 11.9 Å². The first kappa shape index (κ1) is 11.7. The van der Waals surface area contributed by atoms with Gasteiger partial charge in [0.15, 0.2) is 0 Å². The van der Waals surface area contributed by atoms with Gasteiger partial charge in [-0.1, -0.05) is 0 Å². The molecule has 1 amide bonds. The molecule has 1 aromatic rings. The van der Waals surface area contributed by atoms with Gasteiger partial charge in [0.2, 0.25) is 11.8 Å². The molecule has 1 aliphatic rings. The molecule has 1 N–H and O–H groups in total. The average molecular weight is 235 g/mol. The third kappa shape index (κ3) is 2.67. The van der Waals surface area contributed by atoms with Crippen molar-refractivity contribution >= 4 is 11.6 Å². The smallest absolute Gasteiger partial charge is 0.244 e. The Morgan fingerprint density at radius 1 is 1.59 bits per heavy atom. The van der Waals surface area contributed by atoms with E-state index in [1.54, 1.807) is 17.2 Å². The van der Waals surface area contributed by atoms with Gasteiger partial charge in [-0.15, -0.1) is 0 Å². The van der Waals surface area contributed by atoms with Crippen LogP contribution in [0.3, 0.4) is 0 Å². The third-order valence-electron chi connectivity index (χ3n) is 2.80. The number of nitrogens with zero attached hydrogens (tertiary/aromatic N) is 2. The molecular formula is C12H17N3O2. The van der Waals surface area contributed by atoms with E-state index in [9.17, 15) is 4.79 Å². The molecule has 2 heterocycles. The third-order valence-corrected chi connectivity index (χ3v) is 2.80. The molecule has 2 rings (SSSR count). The number of pyridine rings is 1. The Morgan fingerprint density at radius 2 is 2.41 bits per heavy atom. The minimum Gasteiger partial charge on any atom is -0.478 e. The molecule has 0 aliphatic carbocycles. The number of aromatic nitrogens is 1. The lowest BCUT2D eigenvalue weighted by Crippen LogP contribution is -2.30. The van der Waals surface area contributed by atoms with E-state index in [2.05, 4.69) is 10.3 Å². The van der Waals surface area contributed by atoms with Gasteiger partial charge in [0, 0.05) is 19.7 Å². The van der Waals surface area contributed by atoms with Gasteiger partial charge in [-0.2, -0.15) is 0 Å². The van der Waals surface area contributed by atoms with Crippen molar-refractivity contribution in [3.63, 3.8) is 0 Å². The molecule has 0 saturated carbocycles. The Hall–Kier alpha value is -1.78. The zero-order chi connectivity index (χ0) is 12.3. The highest BCUT2D eigenvalue weighted by molar-refractivity contribution is 5.86. The van der Waals surface area contributed by atoms with Gasteiger partial charge < -0.3 is 15.0 Å². The van der Waals surface area contributed by atoms with E-state index in [0.717, 1.165) is 18.7 Å². The number of likely N-dealkylation sites (tertiary alicyclic amines) is 1. The number of ether oxygens (including phenoxy) is 1. The zero-order valence-electron chi connectivity index (χ0n) is 10.1. The van der Waals surface area contributed by atoms with Crippen LogP contribution >= 0.6 is 0 Å². The Morgan fingerprint density at radius 3 is 2.94 bits per heavy atom. The first-order valence-electron chi connectivity index (χ1n) is 5.81. The topological polar surface area (TPSA) is 54.5 Å². The normalized spacial score (nSPS) is 19.5. The van der Waals surface area contributed by atoms with Crippen LogP contribution in [0, 0.1) is 0 Å². The van der Waals surface area contributed by atoms with Gasteiger partial charge in [0.05, 0.1) is 18.5 Å². The fourth-order valence-electron chi connectivity index (χ4n) is 1.86. The Labute approximate surface area is 101 Å². The number of hydrogen-bond donors (Lipinski definition) is 1. The number of likely N-dealkylation sites (N-methyl/N-ethyl adjacent to an activating group) is 1. The van der Waals surface area contributed by atoms with Gasteiger partial charge >= 0.3 is 0 Å². The van der Waals surface area contributed by atoms with E-state index in [4.69, 9.17) is 4.74 Å². The molecule has 5 nitrogen and oxygen atoms in total. The second-order valence-electron chi connectivity index (χ2n) is 4.06. The van der Waals surface area contributed by atoms with Crippen molar-refractivity contribution in [1.29, 1.82) is 0 Å². The van der Waals surface area contributed by atoms with E-state index in [1.807, 2.05) is 20.0 Å². The molecule has 1 aromatic heterocycles. The van der Waals surface area contributed by atoms with Crippen molar-refractivity contribution in [2.45, 2.75) is 19.4 Å². The summed E-state index contributed by atoms with van der Waals surface area (Å²) in [5.74, 6) is 0.742. The number of hydrogen-bond acceptors (Lipinski definition) is 4. The molecule has 1 aliphatic heterocycles. The predicted octanol–water partition coefficient (Wildman–Crippen LogP) is 1.12. The summed E-state index contributed by atoms with van der Waals surface area (Å²) in [4.78, 5) is 17.6.